The third-order valence-electron chi connectivity index (χ3n) is 4.14. The fourth-order valence-electron chi connectivity index (χ4n) is 2.81. The van der Waals surface area contributed by atoms with Crippen LogP contribution in [0.4, 0.5) is 0 Å². The van der Waals surface area contributed by atoms with Crippen molar-refractivity contribution in [3.8, 4) is 0 Å². The van der Waals surface area contributed by atoms with Gasteiger partial charge in [-0.15, -0.1) is 0 Å². The fraction of sp³-hybridized carbons (Fsp3) is 0.550. The van der Waals surface area contributed by atoms with Crippen molar-refractivity contribution < 1.29 is 4.79 Å². The normalized spacial score (nSPS) is 15.9. The standard InChI is InChI=1S/C20H31N3O/c1-20(2,3)22-13-7-12-21-19(24)16-23-14-10-18(11-15-23)17-8-5-4-6-9-17/h4-6,8-10,22H,7,11-16H2,1-3H3,(H,21,24). The van der Waals surface area contributed by atoms with Gasteiger partial charge in [-0.3, -0.25) is 9.69 Å². The van der Waals surface area contributed by atoms with Crippen molar-refractivity contribution in [3.05, 3.63) is 42.0 Å². The number of hydrogen-bond donors (Lipinski definition) is 2. The summed E-state index contributed by atoms with van der Waals surface area (Å²) in [6.07, 6.45) is 4.22. The average molecular weight is 329 g/mol. The Labute approximate surface area is 146 Å². The molecule has 24 heavy (non-hydrogen) atoms. The van der Waals surface area contributed by atoms with Crippen LogP contribution < -0.4 is 10.6 Å². The first-order chi connectivity index (χ1) is 11.4. The second-order valence-corrected chi connectivity index (χ2v) is 7.46. The quantitative estimate of drug-likeness (QED) is 0.756. The van der Waals surface area contributed by atoms with Crippen LogP contribution in [0, 0.1) is 0 Å². The Bertz CT molecular complexity index is 546. The first-order valence-corrected chi connectivity index (χ1v) is 8.92. The third-order valence-corrected chi connectivity index (χ3v) is 4.14. The van der Waals surface area contributed by atoms with Gasteiger partial charge in [0.05, 0.1) is 6.54 Å². The third kappa shape index (κ3) is 6.85. The smallest absolute Gasteiger partial charge is 0.234 e. The molecule has 2 N–H and O–H groups in total. The predicted octanol–water partition coefficient (Wildman–Crippen LogP) is 2.67. The highest BCUT2D eigenvalue weighted by atomic mass is 16.2. The minimum absolute atomic E-state index is 0.127. The van der Waals surface area contributed by atoms with Gasteiger partial charge in [-0.05, 0) is 51.3 Å². The van der Waals surface area contributed by atoms with Crippen molar-refractivity contribution in [1.82, 2.24) is 15.5 Å². The molecule has 1 heterocycles. The minimum atomic E-state index is 0.127. The molecule has 0 aromatic heterocycles. The maximum absolute atomic E-state index is 12.0. The van der Waals surface area contributed by atoms with Crippen molar-refractivity contribution in [2.24, 2.45) is 0 Å². The van der Waals surface area contributed by atoms with Crippen molar-refractivity contribution in [2.75, 3.05) is 32.7 Å². The molecule has 4 heteroatoms. The predicted molar refractivity (Wildman–Crippen MR) is 101 cm³/mol. The Hall–Kier alpha value is -1.65. The molecule has 0 fully saturated rings. The fourth-order valence-corrected chi connectivity index (χ4v) is 2.81. The summed E-state index contributed by atoms with van der Waals surface area (Å²) in [6.45, 7) is 10.4. The van der Waals surface area contributed by atoms with Gasteiger partial charge in [-0.2, -0.15) is 0 Å². The summed E-state index contributed by atoms with van der Waals surface area (Å²) in [5, 5.41) is 6.45. The second kappa shape index (κ2) is 9.00. The number of carbonyl (C=O) groups is 1. The zero-order chi connectivity index (χ0) is 17.4. The number of carbonyl (C=O) groups excluding carboxylic acids is 1. The molecular weight excluding hydrogens is 298 g/mol. The molecule has 0 atom stereocenters. The lowest BCUT2D eigenvalue weighted by atomic mass is 10.00. The van der Waals surface area contributed by atoms with Crippen LogP contribution in [0.5, 0.6) is 0 Å². The first-order valence-electron chi connectivity index (χ1n) is 8.92. The topological polar surface area (TPSA) is 44.4 Å². The molecule has 0 saturated heterocycles. The molecule has 0 aliphatic carbocycles. The number of benzene rings is 1. The lowest BCUT2D eigenvalue weighted by Crippen LogP contribution is -2.41. The first kappa shape index (κ1) is 18.7. The van der Waals surface area contributed by atoms with E-state index in [1.165, 1.54) is 11.1 Å². The summed E-state index contributed by atoms with van der Waals surface area (Å²) in [5.74, 6) is 0.127. The number of nitrogens with one attached hydrogen (secondary N) is 2. The van der Waals surface area contributed by atoms with Crippen LogP contribution in [0.3, 0.4) is 0 Å². The highest BCUT2D eigenvalue weighted by molar-refractivity contribution is 5.78. The van der Waals surface area contributed by atoms with Crippen LogP contribution in [-0.4, -0.2) is 49.1 Å². The summed E-state index contributed by atoms with van der Waals surface area (Å²) in [4.78, 5) is 14.2. The highest BCUT2D eigenvalue weighted by Gasteiger charge is 2.15. The number of nitrogens with zero attached hydrogens (tertiary/aromatic N) is 1. The Kier molecular flexibility index (Phi) is 7.00. The molecule has 1 aliphatic rings. The van der Waals surface area contributed by atoms with Gasteiger partial charge in [0.25, 0.3) is 0 Å². The van der Waals surface area contributed by atoms with Gasteiger partial charge in [0.2, 0.25) is 5.91 Å². The highest BCUT2D eigenvalue weighted by Crippen LogP contribution is 2.21. The van der Waals surface area contributed by atoms with E-state index in [9.17, 15) is 4.79 Å². The van der Waals surface area contributed by atoms with Crippen LogP contribution in [0.1, 0.15) is 39.2 Å². The molecule has 0 radical (unpaired) electrons. The number of rotatable bonds is 7. The van der Waals surface area contributed by atoms with Crippen molar-refractivity contribution >= 4 is 11.5 Å². The molecule has 1 aliphatic heterocycles. The molecule has 0 bridgehead atoms. The zero-order valence-electron chi connectivity index (χ0n) is 15.3. The largest absolute Gasteiger partial charge is 0.355 e. The van der Waals surface area contributed by atoms with Crippen LogP contribution in [0.25, 0.3) is 5.57 Å². The van der Waals surface area contributed by atoms with Crippen LogP contribution in [0.2, 0.25) is 0 Å². The second-order valence-electron chi connectivity index (χ2n) is 7.46. The lowest BCUT2D eigenvalue weighted by molar-refractivity contribution is -0.122. The zero-order valence-corrected chi connectivity index (χ0v) is 15.3. The molecule has 0 saturated carbocycles. The molecule has 1 aromatic carbocycles. The molecule has 4 nitrogen and oxygen atoms in total. The number of amides is 1. The van der Waals surface area contributed by atoms with Crippen LogP contribution in [0.15, 0.2) is 36.4 Å². The van der Waals surface area contributed by atoms with E-state index < -0.39 is 0 Å². The molecule has 2 rings (SSSR count). The van der Waals surface area contributed by atoms with E-state index in [4.69, 9.17) is 0 Å². The summed E-state index contributed by atoms with van der Waals surface area (Å²) in [5.41, 5.74) is 2.83. The monoisotopic (exact) mass is 329 g/mol. The van der Waals surface area contributed by atoms with E-state index in [0.717, 1.165) is 39.0 Å². The van der Waals surface area contributed by atoms with E-state index in [1.54, 1.807) is 0 Å². The van der Waals surface area contributed by atoms with Gasteiger partial charge in [0, 0.05) is 25.2 Å². The van der Waals surface area contributed by atoms with E-state index in [-0.39, 0.29) is 11.4 Å². The molecule has 132 valence electrons. The van der Waals surface area contributed by atoms with Gasteiger partial charge in [0.1, 0.15) is 0 Å². The van der Waals surface area contributed by atoms with E-state index in [0.29, 0.717) is 6.54 Å². The van der Waals surface area contributed by atoms with E-state index in [1.807, 2.05) is 6.07 Å². The van der Waals surface area contributed by atoms with Crippen LogP contribution in [-0.2, 0) is 4.79 Å². The van der Waals surface area contributed by atoms with Gasteiger partial charge in [-0.25, -0.2) is 0 Å². The molecule has 1 aromatic rings. The Morgan fingerprint density at radius 2 is 1.92 bits per heavy atom. The summed E-state index contributed by atoms with van der Waals surface area (Å²) < 4.78 is 0. The van der Waals surface area contributed by atoms with E-state index >= 15 is 0 Å². The Morgan fingerprint density at radius 1 is 1.17 bits per heavy atom. The summed E-state index contributed by atoms with van der Waals surface area (Å²) in [6, 6.07) is 10.5. The van der Waals surface area contributed by atoms with Gasteiger partial charge in [-0.1, -0.05) is 36.4 Å². The Balaban J connectivity index is 1.64. The van der Waals surface area contributed by atoms with Crippen molar-refractivity contribution in [3.63, 3.8) is 0 Å². The SMILES string of the molecule is CC(C)(C)NCCCNC(=O)CN1CC=C(c2ccccc2)CC1. The molecule has 0 spiro atoms. The van der Waals surface area contributed by atoms with Crippen molar-refractivity contribution in [2.45, 2.75) is 39.2 Å². The van der Waals surface area contributed by atoms with Gasteiger partial charge >= 0.3 is 0 Å². The van der Waals surface area contributed by atoms with Crippen molar-refractivity contribution in [1.29, 1.82) is 0 Å². The molecule has 0 unspecified atom stereocenters. The average Bonchev–Trinajstić information content (AvgIpc) is 2.55. The molecule has 1 amide bonds. The maximum Gasteiger partial charge on any atom is 0.234 e. The van der Waals surface area contributed by atoms with Gasteiger partial charge < -0.3 is 10.6 Å². The number of hydrogen-bond acceptors (Lipinski definition) is 3. The van der Waals surface area contributed by atoms with E-state index in [2.05, 4.69) is 66.6 Å². The van der Waals surface area contributed by atoms with Crippen LogP contribution >= 0.6 is 0 Å². The maximum atomic E-state index is 12.0. The lowest BCUT2D eigenvalue weighted by Gasteiger charge is -2.26. The van der Waals surface area contributed by atoms with Gasteiger partial charge in [0.15, 0.2) is 0 Å². The Morgan fingerprint density at radius 3 is 2.54 bits per heavy atom. The molecular formula is C20H31N3O. The summed E-state index contributed by atoms with van der Waals surface area (Å²) in [7, 11) is 0. The summed E-state index contributed by atoms with van der Waals surface area (Å²) >= 11 is 0. The minimum Gasteiger partial charge on any atom is -0.355 e.